The average molecular weight is 399 g/mol. The molecule has 2 unspecified atom stereocenters. The molecule has 2 fully saturated rings. The fourth-order valence-electron chi connectivity index (χ4n) is 3.91. The van der Waals surface area contributed by atoms with Gasteiger partial charge in [0.1, 0.15) is 5.60 Å². The van der Waals surface area contributed by atoms with Gasteiger partial charge in [0.15, 0.2) is 5.78 Å². The molecule has 8 heteroatoms. The lowest BCUT2D eigenvalue weighted by atomic mass is 9.80. The van der Waals surface area contributed by atoms with E-state index in [4.69, 9.17) is 9.47 Å². The summed E-state index contributed by atoms with van der Waals surface area (Å²) in [6.07, 6.45) is -4.57. The van der Waals surface area contributed by atoms with Gasteiger partial charge in [0, 0.05) is 11.5 Å². The normalized spacial score (nSPS) is 25.4. The molecule has 1 aromatic rings. The van der Waals surface area contributed by atoms with E-state index in [0.29, 0.717) is 0 Å². The van der Waals surface area contributed by atoms with Crippen LogP contribution in [0, 0.1) is 5.92 Å². The molecule has 2 heterocycles. The molecule has 2 bridgehead atoms. The minimum atomic E-state index is -4.59. The Balaban J connectivity index is 1.81. The summed E-state index contributed by atoms with van der Waals surface area (Å²) in [6.45, 7) is 5.77. The van der Waals surface area contributed by atoms with Crippen LogP contribution in [0.4, 0.5) is 18.0 Å². The average Bonchev–Trinajstić information content (AvgIpc) is 2.57. The van der Waals surface area contributed by atoms with Gasteiger partial charge in [0.25, 0.3) is 0 Å². The molecule has 2 aliphatic heterocycles. The molecular weight excluding hydrogens is 375 g/mol. The SMILES string of the molecule is CC(C)(C)OC(=O)N1C2COCC1CC(C(=O)c1ccccc1C(F)(F)F)C2. The van der Waals surface area contributed by atoms with Crippen LogP contribution in [-0.2, 0) is 15.7 Å². The summed E-state index contributed by atoms with van der Waals surface area (Å²) < 4.78 is 50.8. The van der Waals surface area contributed by atoms with Gasteiger partial charge in [-0.25, -0.2) is 4.79 Å². The molecule has 2 atom stereocenters. The number of nitrogens with zero attached hydrogens (tertiary/aromatic N) is 1. The molecule has 1 aromatic carbocycles. The third-order valence-electron chi connectivity index (χ3n) is 4.99. The number of hydrogen-bond donors (Lipinski definition) is 0. The minimum absolute atomic E-state index is 0.237. The first-order valence-electron chi connectivity index (χ1n) is 9.27. The number of ketones is 1. The molecular formula is C20H24F3NO4. The Labute approximate surface area is 161 Å². The van der Waals surface area contributed by atoms with Crippen LogP contribution in [-0.4, -0.2) is 47.7 Å². The third kappa shape index (κ3) is 4.32. The summed E-state index contributed by atoms with van der Waals surface area (Å²) in [4.78, 5) is 27.1. The molecule has 2 aliphatic rings. The lowest BCUT2D eigenvalue weighted by Gasteiger charge is -2.47. The summed E-state index contributed by atoms with van der Waals surface area (Å²) in [5.41, 5.74) is -1.90. The molecule has 5 nitrogen and oxygen atoms in total. The first-order valence-corrected chi connectivity index (χ1v) is 9.27. The van der Waals surface area contributed by atoms with Crippen LogP contribution in [0.25, 0.3) is 0 Å². The maximum Gasteiger partial charge on any atom is 0.417 e. The number of ether oxygens (including phenoxy) is 2. The molecule has 0 aromatic heterocycles. The quantitative estimate of drug-likeness (QED) is 0.696. The zero-order valence-electron chi connectivity index (χ0n) is 16.1. The Kier molecular flexibility index (Phi) is 5.44. The maximum atomic E-state index is 13.3. The van der Waals surface area contributed by atoms with Gasteiger partial charge < -0.3 is 9.47 Å². The molecule has 28 heavy (non-hydrogen) atoms. The van der Waals surface area contributed by atoms with Crippen molar-refractivity contribution in [3.63, 3.8) is 0 Å². The van der Waals surface area contributed by atoms with E-state index in [-0.39, 0.29) is 31.6 Å². The number of hydrogen-bond acceptors (Lipinski definition) is 4. The third-order valence-corrected chi connectivity index (χ3v) is 4.99. The number of benzene rings is 1. The number of rotatable bonds is 2. The van der Waals surface area contributed by atoms with Gasteiger partial charge >= 0.3 is 12.3 Å². The molecule has 0 saturated carbocycles. The smallest absolute Gasteiger partial charge is 0.417 e. The Morgan fingerprint density at radius 2 is 1.64 bits per heavy atom. The molecule has 2 saturated heterocycles. The minimum Gasteiger partial charge on any atom is -0.444 e. The van der Waals surface area contributed by atoms with E-state index in [1.807, 2.05) is 0 Å². The fraction of sp³-hybridized carbons (Fsp3) is 0.600. The van der Waals surface area contributed by atoms with Crippen LogP contribution < -0.4 is 0 Å². The maximum absolute atomic E-state index is 13.3. The van der Waals surface area contributed by atoms with Gasteiger partial charge in [-0.05, 0) is 39.7 Å². The second kappa shape index (κ2) is 7.39. The van der Waals surface area contributed by atoms with Crippen molar-refractivity contribution >= 4 is 11.9 Å². The summed E-state index contributed by atoms with van der Waals surface area (Å²) in [7, 11) is 0. The van der Waals surface area contributed by atoms with Gasteiger partial charge in [-0.15, -0.1) is 0 Å². The molecule has 0 spiro atoms. The Morgan fingerprint density at radius 1 is 1.07 bits per heavy atom. The number of carbonyl (C=O) groups excluding carboxylic acids is 2. The molecule has 0 aliphatic carbocycles. The van der Waals surface area contributed by atoms with E-state index in [1.54, 1.807) is 25.7 Å². The lowest BCUT2D eigenvalue weighted by molar-refractivity contribution is -0.138. The van der Waals surface area contributed by atoms with Crippen LogP contribution in [0.3, 0.4) is 0 Å². The fourth-order valence-corrected chi connectivity index (χ4v) is 3.91. The highest BCUT2D eigenvalue weighted by molar-refractivity contribution is 5.99. The van der Waals surface area contributed by atoms with Crippen molar-refractivity contribution in [1.29, 1.82) is 0 Å². The molecule has 0 N–H and O–H groups in total. The summed E-state index contributed by atoms with van der Waals surface area (Å²) in [5, 5.41) is 0. The predicted molar refractivity (Wildman–Crippen MR) is 95.0 cm³/mol. The molecule has 1 amide bonds. The van der Waals surface area contributed by atoms with E-state index >= 15 is 0 Å². The van der Waals surface area contributed by atoms with Crippen molar-refractivity contribution in [3.05, 3.63) is 35.4 Å². The first-order chi connectivity index (χ1) is 13.0. The van der Waals surface area contributed by atoms with E-state index in [0.717, 1.165) is 6.07 Å². The highest BCUT2D eigenvalue weighted by Gasteiger charge is 2.46. The Morgan fingerprint density at radius 3 is 2.18 bits per heavy atom. The number of alkyl halides is 3. The van der Waals surface area contributed by atoms with Gasteiger partial charge in [0.05, 0.1) is 30.9 Å². The number of morpholine rings is 1. The van der Waals surface area contributed by atoms with Gasteiger partial charge in [0.2, 0.25) is 0 Å². The van der Waals surface area contributed by atoms with Crippen molar-refractivity contribution < 1.29 is 32.2 Å². The lowest BCUT2D eigenvalue weighted by Crippen LogP contribution is -2.60. The van der Waals surface area contributed by atoms with E-state index in [2.05, 4.69) is 0 Å². The summed E-state index contributed by atoms with van der Waals surface area (Å²) in [5.74, 6) is -1.13. The van der Waals surface area contributed by atoms with Crippen molar-refractivity contribution in [2.75, 3.05) is 13.2 Å². The van der Waals surface area contributed by atoms with Crippen LogP contribution in [0.15, 0.2) is 24.3 Å². The first kappa shape index (κ1) is 20.6. The molecule has 154 valence electrons. The number of carbonyl (C=O) groups is 2. The topological polar surface area (TPSA) is 55.8 Å². The van der Waals surface area contributed by atoms with Gasteiger partial charge in [-0.1, -0.05) is 18.2 Å². The second-order valence-corrected chi connectivity index (χ2v) is 8.31. The van der Waals surface area contributed by atoms with Gasteiger partial charge in [-0.3, -0.25) is 9.69 Å². The van der Waals surface area contributed by atoms with Crippen molar-refractivity contribution in [1.82, 2.24) is 4.90 Å². The summed E-state index contributed by atoms with van der Waals surface area (Å²) >= 11 is 0. The zero-order chi connectivity index (χ0) is 20.7. The van der Waals surface area contributed by atoms with E-state index in [1.165, 1.54) is 18.2 Å². The standard InChI is InChI=1S/C20H24F3NO4/c1-19(2,3)28-18(26)24-13-8-12(9-14(24)11-27-10-13)17(25)15-6-4-5-7-16(15)20(21,22)23/h4-7,12-14H,8-11H2,1-3H3. The predicted octanol–water partition coefficient (Wildman–Crippen LogP) is 4.30. The number of halogens is 3. The van der Waals surface area contributed by atoms with E-state index in [9.17, 15) is 22.8 Å². The number of Topliss-reactive ketones (excluding diaryl/α,β-unsaturated/α-hetero) is 1. The van der Waals surface area contributed by atoms with Crippen molar-refractivity contribution in [3.8, 4) is 0 Å². The van der Waals surface area contributed by atoms with Gasteiger partial charge in [-0.2, -0.15) is 13.2 Å². The van der Waals surface area contributed by atoms with Crippen LogP contribution in [0.5, 0.6) is 0 Å². The van der Waals surface area contributed by atoms with E-state index < -0.39 is 47.2 Å². The highest BCUT2D eigenvalue weighted by atomic mass is 19.4. The highest BCUT2D eigenvalue weighted by Crippen LogP contribution is 2.38. The zero-order valence-corrected chi connectivity index (χ0v) is 16.1. The Hall–Kier alpha value is -2.09. The van der Waals surface area contributed by atoms with Crippen LogP contribution >= 0.6 is 0 Å². The number of piperidine rings is 1. The summed E-state index contributed by atoms with van der Waals surface area (Å²) in [6, 6.07) is 4.06. The molecule has 3 rings (SSSR count). The monoisotopic (exact) mass is 399 g/mol. The van der Waals surface area contributed by atoms with Crippen molar-refractivity contribution in [2.24, 2.45) is 5.92 Å². The van der Waals surface area contributed by atoms with Crippen LogP contribution in [0.1, 0.15) is 49.5 Å². The largest absolute Gasteiger partial charge is 0.444 e. The number of fused-ring (bicyclic) bond motifs is 2. The number of amides is 1. The van der Waals surface area contributed by atoms with Crippen LogP contribution in [0.2, 0.25) is 0 Å². The molecule has 0 radical (unpaired) electrons. The second-order valence-electron chi connectivity index (χ2n) is 8.31. The Bertz CT molecular complexity index is 743. The van der Waals surface area contributed by atoms with Crippen molar-refractivity contribution in [2.45, 2.75) is 57.5 Å².